The molecule has 2 unspecified atom stereocenters. The lowest BCUT2D eigenvalue weighted by atomic mass is 9.85. The third-order valence-electron chi connectivity index (χ3n) is 5.24. The summed E-state index contributed by atoms with van der Waals surface area (Å²) in [7, 11) is 0. The third-order valence-corrected chi connectivity index (χ3v) is 5.80. The fourth-order valence-corrected chi connectivity index (χ4v) is 4.33. The molecular weight excluding hydrogens is 367 g/mol. The number of nitrogens with one attached hydrogen (secondary N) is 1. The van der Waals surface area contributed by atoms with Crippen molar-refractivity contribution < 1.29 is 4.79 Å². The molecule has 0 aliphatic carbocycles. The molecule has 0 radical (unpaired) electrons. The Balaban J connectivity index is 0.00000208. The minimum atomic E-state index is 0. The van der Waals surface area contributed by atoms with Crippen LogP contribution in [0.2, 0.25) is 10.0 Å². The topological polar surface area (TPSA) is 32.3 Å². The lowest BCUT2D eigenvalue weighted by molar-refractivity contribution is -0.133. The molecule has 2 aliphatic rings. The second-order valence-corrected chi connectivity index (χ2v) is 7.72. The van der Waals surface area contributed by atoms with Crippen molar-refractivity contribution in [3.8, 4) is 0 Å². The zero-order valence-corrected chi connectivity index (χ0v) is 16.3. The Bertz CT molecular complexity index is 588. The van der Waals surface area contributed by atoms with Crippen LogP contribution in [0.25, 0.3) is 0 Å². The van der Waals surface area contributed by atoms with Crippen LogP contribution in [0.1, 0.15) is 37.3 Å². The minimum absolute atomic E-state index is 0. The number of piperidine rings is 1. The zero-order chi connectivity index (χ0) is 16.4. The van der Waals surface area contributed by atoms with E-state index in [0.717, 1.165) is 31.6 Å². The van der Waals surface area contributed by atoms with E-state index in [9.17, 15) is 4.79 Å². The summed E-state index contributed by atoms with van der Waals surface area (Å²) in [5.74, 6) is 1.30. The molecule has 3 nitrogen and oxygen atoms in total. The third kappa shape index (κ3) is 4.57. The molecule has 1 aromatic rings. The van der Waals surface area contributed by atoms with Crippen LogP contribution in [-0.4, -0.2) is 30.4 Å². The second-order valence-electron chi connectivity index (χ2n) is 6.88. The molecule has 1 saturated heterocycles. The summed E-state index contributed by atoms with van der Waals surface area (Å²) in [6.07, 6.45) is 3.92. The van der Waals surface area contributed by atoms with Gasteiger partial charge in [0.15, 0.2) is 0 Å². The van der Waals surface area contributed by atoms with E-state index in [0.29, 0.717) is 34.8 Å². The van der Waals surface area contributed by atoms with Crippen molar-refractivity contribution in [1.29, 1.82) is 0 Å². The van der Waals surface area contributed by atoms with Gasteiger partial charge in [0.1, 0.15) is 0 Å². The Labute approximate surface area is 160 Å². The van der Waals surface area contributed by atoms with Crippen molar-refractivity contribution in [2.24, 2.45) is 11.8 Å². The highest BCUT2D eigenvalue weighted by atomic mass is 35.5. The van der Waals surface area contributed by atoms with Gasteiger partial charge in [0, 0.05) is 29.6 Å². The van der Waals surface area contributed by atoms with Crippen LogP contribution in [0.5, 0.6) is 0 Å². The number of hydrogen-bond donors (Lipinski definition) is 1. The van der Waals surface area contributed by atoms with Gasteiger partial charge in [-0.1, -0.05) is 30.1 Å². The van der Waals surface area contributed by atoms with Crippen LogP contribution in [-0.2, 0) is 17.8 Å². The average Bonchev–Trinajstić information content (AvgIpc) is 2.55. The lowest BCUT2D eigenvalue weighted by Gasteiger charge is -2.33. The van der Waals surface area contributed by atoms with Gasteiger partial charge in [-0.05, 0) is 67.4 Å². The molecule has 0 bridgehead atoms. The van der Waals surface area contributed by atoms with Gasteiger partial charge in [0.25, 0.3) is 0 Å². The number of rotatable bonds is 3. The summed E-state index contributed by atoms with van der Waals surface area (Å²) < 4.78 is 0. The van der Waals surface area contributed by atoms with Crippen molar-refractivity contribution >= 4 is 41.5 Å². The van der Waals surface area contributed by atoms with E-state index in [1.54, 1.807) is 6.07 Å². The van der Waals surface area contributed by atoms with E-state index in [1.807, 2.05) is 11.0 Å². The lowest BCUT2D eigenvalue weighted by Crippen LogP contribution is -2.39. The minimum Gasteiger partial charge on any atom is -0.338 e. The first-order chi connectivity index (χ1) is 11.0. The molecule has 2 atom stereocenters. The van der Waals surface area contributed by atoms with Crippen LogP contribution in [0, 0.1) is 11.8 Å². The maximum atomic E-state index is 12.7. The highest BCUT2D eigenvalue weighted by molar-refractivity contribution is 6.35. The zero-order valence-electron chi connectivity index (χ0n) is 14.0. The van der Waals surface area contributed by atoms with Crippen molar-refractivity contribution in [2.75, 3.05) is 19.6 Å². The van der Waals surface area contributed by atoms with Crippen LogP contribution >= 0.6 is 35.6 Å². The number of carbonyl (C=O) groups excluding carboxylic acids is 1. The van der Waals surface area contributed by atoms with Crippen LogP contribution < -0.4 is 5.32 Å². The first kappa shape index (κ1) is 19.8. The summed E-state index contributed by atoms with van der Waals surface area (Å²) in [4.78, 5) is 14.6. The molecule has 3 rings (SSSR count). The molecular formula is C18H25Cl3N2O. The van der Waals surface area contributed by atoms with Crippen molar-refractivity contribution in [3.63, 3.8) is 0 Å². The Kier molecular flexibility index (Phi) is 7.23. The van der Waals surface area contributed by atoms with Crippen LogP contribution in [0.15, 0.2) is 12.1 Å². The number of hydrogen-bond acceptors (Lipinski definition) is 2. The van der Waals surface area contributed by atoms with E-state index in [1.165, 1.54) is 18.4 Å². The standard InChI is InChI=1S/C18H24Cl2N2O.ClH/c1-12(14-3-2-5-21-10-14)7-18(23)22-6-4-13-8-15(19)9-17(20)16(13)11-22;/h8-9,12,14,21H,2-7,10-11H2,1H3;1H. The largest absolute Gasteiger partial charge is 0.338 e. The predicted octanol–water partition coefficient (Wildman–Crippen LogP) is 4.33. The first-order valence-electron chi connectivity index (χ1n) is 8.50. The van der Waals surface area contributed by atoms with Gasteiger partial charge in [-0.15, -0.1) is 12.4 Å². The molecule has 134 valence electrons. The van der Waals surface area contributed by atoms with Gasteiger partial charge in [-0.2, -0.15) is 0 Å². The number of halogens is 3. The maximum Gasteiger partial charge on any atom is 0.223 e. The fourth-order valence-electron chi connectivity index (χ4n) is 3.73. The van der Waals surface area contributed by atoms with E-state index >= 15 is 0 Å². The summed E-state index contributed by atoms with van der Waals surface area (Å²) in [5, 5.41) is 4.79. The molecule has 0 aromatic heterocycles. The highest BCUT2D eigenvalue weighted by Crippen LogP contribution is 2.31. The number of benzene rings is 1. The fraction of sp³-hybridized carbons (Fsp3) is 0.611. The molecule has 0 spiro atoms. The molecule has 2 heterocycles. The Morgan fingerprint density at radius 1 is 1.42 bits per heavy atom. The molecule has 1 N–H and O–H groups in total. The maximum absolute atomic E-state index is 12.7. The first-order valence-corrected chi connectivity index (χ1v) is 9.25. The SMILES string of the molecule is CC(CC(=O)N1CCc2cc(Cl)cc(Cl)c2C1)C1CCCNC1.Cl. The van der Waals surface area contributed by atoms with E-state index < -0.39 is 0 Å². The van der Waals surface area contributed by atoms with Crippen LogP contribution in [0.4, 0.5) is 0 Å². The van der Waals surface area contributed by atoms with E-state index in [4.69, 9.17) is 23.2 Å². The van der Waals surface area contributed by atoms with Gasteiger partial charge in [-0.3, -0.25) is 4.79 Å². The molecule has 24 heavy (non-hydrogen) atoms. The summed E-state index contributed by atoms with van der Waals surface area (Å²) in [6, 6.07) is 3.74. The van der Waals surface area contributed by atoms with Crippen molar-refractivity contribution in [3.05, 3.63) is 33.3 Å². The highest BCUT2D eigenvalue weighted by Gasteiger charge is 2.27. The molecule has 1 amide bonds. The van der Waals surface area contributed by atoms with Gasteiger partial charge in [0.05, 0.1) is 0 Å². The quantitative estimate of drug-likeness (QED) is 0.832. The summed E-state index contributed by atoms with van der Waals surface area (Å²) in [6.45, 7) is 5.74. The van der Waals surface area contributed by atoms with Gasteiger partial charge in [0.2, 0.25) is 5.91 Å². The molecule has 1 aromatic carbocycles. The van der Waals surface area contributed by atoms with Gasteiger partial charge < -0.3 is 10.2 Å². The van der Waals surface area contributed by atoms with Crippen molar-refractivity contribution in [1.82, 2.24) is 10.2 Å². The predicted molar refractivity (Wildman–Crippen MR) is 102 cm³/mol. The number of carbonyl (C=O) groups is 1. The summed E-state index contributed by atoms with van der Waals surface area (Å²) in [5.41, 5.74) is 2.23. The number of amides is 1. The number of nitrogens with zero attached hydrogens (tertiary/aromatic N) is 1. The smallest absolute Gasteiger partial charge is 0.223 e. The monoisotopic (exact) mass is 390 g/mol. The molecule has 1 fully saturated rings. The Hall–Kier alpha value is -0.480. The van der Waals surface area contributed by atoms with Gasteiger partial charge in [-0.25, -0.2) is 0 Å². The van der Waals surface area contributed by atoms with Gasteiger partial charge >= 0.3 is 0 Å². The van der Waals surface area contributed by atoms with E-state index in [-0.39, 0.29) is 18.3 Å². The number of fused-ring (bicyclic) bond motifs is 1. The second kappa shape index (κ2) is 8.75. The normalized spacial score (nSPS) is 21.6. The Morgan fingerprint density at radius 2 is 2.21 bits per heavy atom. The Morgan fingerprint density at radius 3 is 2.92 bits per heavy atom. The molecule has 6 heteroatoms. The van der Waals surface area contributed by atoms with Crippen LogP contribution in [0.3, 0.4) is 0 Å². The van der Waals surface area contributed by atoms with E-state index in [2.05, 4.69) is 12.2 Å². The summed E-state index contributed by atoms with van der Waals surface area (Å²) >= 11 is 12.4. The molecule has 2 aliphatic heterocycles. The molecule has 0 saturated carbocycles. The average molecular weight is 392 g/mol. The van der Waals surface area contributed by atoms with Crippen molar-refractivity contribution in [2.45, 2.75) is 39.2 Å².